The van der Waals surface area contributed by atoms with E-state index in [-0.39, 0.29) is 27.1 Å². The fourth-order valence-electron chi connectivity index (χ4n) is 3.03. The molecule has 0 saturated carbocycles. The van der Waals surface area contributed by atoms with Gasteiger partial charge in [0.05, 0.1) is 27.4 Å². The quantitative estimate of drug-likeness (QED) is 0.329. The molecule has 4 rings (SSSR count). The van der Waals surface area contributed by atoms with Crippen LogP contribution in [0.3, 0.4) is 0 Å². The molecule has 1 N–H and O–H groups in total. The van der Waals surface area contributed by atoms with E-state index in [2.05, 4.69) is 19.7 Å². The van der Waals surface area contributed by atoms with Crippen molar-refractivity contribution in [2.45, 2.75) is 11.1 Å². The van der Waals surface area contributed by atoms with Gasteiger partial charge in [-0.1, -0.05) is 35.3 Å². The van der Waals surface area contributed by atoms with Crippen molar-refractivity contribution >= 4 is 39.0 Å². The zero-order valence-corrected chi connectivity index (χ0v) is 19.2. The van der Waals surface area contributed by atoms with Crippen LogP contribution in [0.5, 0.6) is 0 Å². The van der Waals surface area contributed by atoms with Crippen LogP contribution in [0.25, 0.3) is 22.5 Å². The molecule has 4 aromatic rings. The van der Waals surface area contributed by atoms with Crippen molar-refractivity contribution in [3.8, 4) is 22.5 Å². The molecule has 0 aliphatic heterocycles. The summed E-state index contributed by atoms with van der Waals surface area (Å²) in [6.45, 7) is 0. The van der Waals surface area contributed by atoms with Gasteiger partial charge in [0.25, 0.3) is 10.0 Å². The fourth-order valence-corrected chi connectivity index (χ4v) is 4.35. The maximum atomic E-state index is 13.0. The van der Waals surface area contributed by atoms with E-state index >= 15 is 0 Å². The Balaban J connectivity index is 1.79. The van der Waals surface area contributed by atoms with Crippen LogP contribution in [-0.4, -0.2) is 23.4 Å². The third-order valence-electron chi connectivity index (χ3n) is 4.65. The lowest BCUT2D eigenvalue weighted by atomic mass is 10.0. The van der Waals surface area contributed by atoms with Crippen molar-refractivity contribution in [3.05, 3.63) is 88.8 Å². The minimum atomic E-state index is -4.49. The van der Waals surface area contributed by atoms with Gasteiger partial charge in [-0.3, -0.25) is 14.7 Å². The van der Waals surface area contributed by atoms with Gasteiger partial charge in [-0.05, 0) is 42.5 Å². The molecule has 0 fully saturated rings. The smallest absolute Gasteiger partial charge is 0.263 e. The number of rotatable bonds is 5. The Morgan fingerprint density at radius 2 is 1.53 bits per heavy atom. The van der Waals surface area contributed by atoms with E-state index in [0.717, 1.165) is 12.1 Å². The molecule has 0 amide bonds. The number of hydrogen-bond acceptors (Lipinski definition) is 5. The SMILES string of the molecule is O=S(=O)(Nc1cnc(-c2ccc(C(F)(F)F)cc2)c(-c2ccncc2Cl)n1)c1ccc(Cl)cc1. The van der Waals surface area contributed by atoms with E-state index in [4.69, 9.17) is 23.2 Å². The fraction of sp³-hybridized carbons (Fsp3) is 0.0455. The average molecular weight is 525 g/mol. The summed E-state index contributed by atoms with van der Waals surface area (Å²) in [7, 11) is -4.02. The van der Waals surface area contributed by atoms with Gasteiger partial charge in [0.1, 0.15) is 5.69 Å². The summed E-state index contributed by atoms with van der Waals surface area (Å²) in [6, 6.07) is 11.4. The number of pyridine rings is 1. The Morgan fingerprint density at radius 3 is 2.15 bits per heavy atom. The van der Waals surface area contributed by atoms with Gasteiger partial charge in [-0.2, -0.15) is 13.2 Å². The number of hydrogen-bond donors (Lipinski definition) is 1. The molecule has 2 aromatic heterocycles. The maximum Gasteiger partial charge on any atom is 0.416 e. The summed E-state index contributed by atoms with van der Waals surface area (Å²) in [4.78, 5) is 12.5. The molecule has 12 heteroatoms. The summed E-state index contributed by atoms with van der Waals surface area (Å²) < 4.78 is 66.7. The first-order chi connectivity index (χ1) is 16.0. The number of anilines is 1. The number of benzene rings is 2. The summed E-state index contributed by atoms with van der Waals surface area (Å²) in [6.07, 6.45) is -0.520. The van der Waals surface area contributed by atoms with E-state index < -0.39 is 21.8 Å². The zero-order chi connectivity index (χ0) is 24.5. The first kappa shape index (κ1) is 23.9. The molecule has 34 heavy (non-hydrogen) atoms. The summed E-state index contributed by atoms with van der Waals surface area (Å²) >= 11 is 12.1. The molecule has 0 atom stereocenters. The third-order valence-corrected chi connectivity index (χ3v) is 6.57. The minimum Gasteiger partial charge on any atom is -0.263 e. The number of sulfonamides is 1. The molecule has 0 unspecified atom stereocenters. The molecular weight excluding hydrogens is 512 g/mol. The lowest BCUT2D eigenvalue weighted by Crippen LogP contribution is -2.14. The molecule has 0 saturated heterocycles. The van der Waals surface area contributed by atoms with Crippen LogP contribution in [0.2, 0.25) is 10.0 Å². The van der Waals surface area contributed by atoms with Gasteiger partial charge >= 0.3 is 6.18 Å². The Labute approximate surface area is 202 Å². The van der Waals surface area contributed by atoms with Crippen LogP contribution in [-0.2, 0) is 16.2 Å². The Hall–Kier alpha value is -3.21. The predicted octanol–water partition coefficient (Wildman–Crippen LogP) is 6.33. The van der Waals surface area contributed by atoms with E-state index in [1.807, 2.05) is 0 Å². The number of alkyl halides is 3. The largest absolute Gasteiger partial charge is 0.416 e. The van der Waals surface area contributed by atoms with Crippen molar-refractivity contribution in [2.24, 2.45) is 0 Å². The summed E-state index contributed by atoms with van der Waals surface area (Å²) in [5.41, 5.74) is 0.238. The van der Waals surface area contributed by atoms with Gasteiger partial charge in [0.15, 0.2) is 5.82 Å². The number of nitrogens with one attached hydrogen (secondary N) is 1. The lowest BCUT2D eigenvalue weighted by Gasteiger charge is -2.14. The Kier molecular flexibility index (Phi) is 6.48. The molecule has 0 bridgehead atoms. The standard InChI is InChI=1S/C22H13Cl2F3N4O2S/c23-15-5-7-16(8-6-15)34(32,33)31-19-12-29-20(13-1-3-14(4-2-13)22(25,26)27)21(30-19)17-9-10-28-11-18(17)24/h1-12H,(H,30,31). The predicted molar refractivity (Wildman–Crippen MR) is 123 cm³/mol. The third kappa shape index (κ3) is 5.14. The summed E-state index contributed by atoms with van der Waals surface area (Å²) in [5, 5.41) is 0.567. The van der Waals surface area contributed by atoms with E-state index in [1.165, 1.54) is 61.1 Å². The van der Waals surface area contributed by atoms with E-state index in [1.54, 1.807) is 0 Å². The van der Waals surface area contributed by atoms with Crippen LogP contribution >= 0.6 is 23.2 Å². The highest BCUT2D eigenvalue weighted by molar-refractivity contribution is 7.92. The average Bonchev–Trinajstić information content (AvgIpc) is 2.79. The number of aromatic nitrogens is 3. The van der Waals surface area contributed by atoms with Gasteiger partial charge in [0.2, 0.25) is 0 Å². The molecule has 2 aromatic carbocycles. The monoisotopic (exact) mass is 524 g/mol. The first-order valence-corrected chi connectivity index (χ1v) is 11.7. The second-order valence-electron chi connectivity index (χ2n) is 6.94. The molecule has 0 spiro atoms. The van der Waals surface area contributed by atoms with E-state index in [0.29, 0.717) is 16.1 Å². The number of halogens is 5. The Morgan fingerprint density at radius 1 is 0.853 bits per heavy atom. The molecule has 6 nitrogen and oxygen atoms in total. The van der Waals surface area contributed by atoms with Crippen LogP contribution < -0.4 is 4.72 Å². The molecule has 0 radical (unpaired) electrons. The van der Waals surface area contributed by atoms with Crippen LogP contribution in [0.15, 0.2) is 78.1 Å². The van der Waals surface area contributed by atoms with Crippen molar-refractivity contribution < 1.29 is 21.6 Å². The molecular formula is C22H13Cl2F3N4O2S. The second kappa shape index (κ2) is 9.21. The lowest BCUT2D eigenvalue weighted by molar-refractivity contribution is -0.137. The second-order valence-corrected chi connectivity index (χ2v) is 9.47. The van der Waals surface area contributed by atoms with Crippen LogP contribution in [0, 0.1) is 0 Å². The van der Waals surface area contributed by atoms with Crippen LogP contribution in [0.1, 0.15) is 5.56 Å². The van der Waals surface area contributed by atoms with Crippen LogP contribution in [0.4, 0.5) is 19.0 Å². The first-order valence-electron chi connectivity index (χ1n) is 9.47. The Bertz CT molecular complexity index is 1450. The highest BCUT2D eigenvalue weighted by Crippen LogP contribution is 2.36. The molecule has 0 aliphatic rings. The topological polar surface area (TPSA) is 84.8 Å². The molecule has 0 aliphatic carbocycles. The van der Waals surface area contributed by atoms with Gasteiger partial charge in [-0.15, -0.1) is 0 Å². The highest BCUT2D eigenvalue weighted by Gasteiger charge is 2.30. The molecule has 2 heterocycles. The minimum absolute atomic E-state index is 0.0472. The zero-order valence-electron chi connectivity index (χ0n) is 16.9. The van der Waals surface area contributed by atoms with Crippen molar-refractivity contribution in [3.63, 3.8) is 0 Å². The van der Waals surface area contributed by atoms with Gasteiger partial charge in [-0.25, -0.2) is 13.4 Å². The number of nitrogens with zero attached hydrogens (tertiary/aromatic N) is 3. The van der Waals surface area contributed by atoms with Gasteiger partial charge in [0, 0.05) is 28.5 Å². The van der Waals surface area contributed by atoms with Crippen molar-refractivity contribution in [2.75, 3.05) is 4.72 Å². The van der Waals surface area contributed by atoms with E-state index in [9.17, 15) is 21.6 Å². The molecule has 174 valence electrons. The van der Waals surface area contributed by atoms with Crippen molar-refractivity contribution in [1.29, 1.82) is 0 Å². The van der Waals surface area contributed by atoms with Gasteiger partial charge < -0.3 is 0 Å². The summed E-state index contributed by atoms with van der Waals surface area (Å²) in [5.74, 6) is -0.117. The normalized spacial score (nSPS) is 11.9. The van der Waals surface area contributed by atoms with Crippen molar-refractivity contribution in [1.82, 2.24) is 15.0 Å². The highest BCUT2D eigenvalue weighted by atomic mass is 35.5. The maximum absolute atomic E-state index is 13.0.